The highest BCUT2D eigenvalue weighted by Crippen LogP contribution is 2.31. The molecule has 1 aromatic heterocycles. The Hall–Kier alpha value is -3.16. The third-order valence-corrected chi connectivity index (χ3v) is 6.53. The van der Waals surface area contributed by atoms with Crippen molar-refractivity contribution < 1.29 is 4.79 Å². The molecular formula is C25H24N4OS2. The van der Waals surface area contributed by atoms with E-state index in [0.29, 0.717) is 10.6 Å². The smallest absolute Gasteiger partial charge is 0.244 e. The van der Waals surface area contributed by atoms with Gasteiger partial charge >= 0.3 is 0 Å². The largest absolute Gasteiger partial charge is 0.325 e. The summed E-state index contributed by atoms with van der Waals surface area (Å²) in [4.78, 5) is 15.1. The zero-order chi connectivity index (χ0) is 22.7. The van der Waals surface area contributed by atoms with Gasteiger partial charge in [-0.25, -0.2) is 0 Å². The van der Waals surface area contributed by atoms with E-state index in [1.54, 1.807) is 16.3 Å². The van der Waals surface area contributed by atoms with E-state index in [9.17, 15) is 4.79 Å². The third kappa shape index (κ3) is 5.18. The Bertz CT molecular complexity index is 1320. The van der Waals surface area contributed by atoms with Crippen LogP contribution in [0.3, 0.4) is 0 Å². The minimum absolute atomic E-state index is 0.0809. The van der Waals surface area contributed by atoms with Crippen molar-refractivity contribution in [3.05, 3.63) is 88.2 Å². The number of H-pyrrole nitrogens is 1. The molecule has 162 valence electrons. The molecule has 2 N–H and O–H groups in total. The van der Waals surface area contributed by atoms with Crippen LogP contribution in [0.15, 0.2) is 76.5 Å². The van der Waals surface area contributed by atoms with Crippen molar-refractivity contribution in [2.75, 3.05) is 5.32 Å². The normalized spacial score (nSPS) is 10.8. The Morgan fingerprint density at radius 2 is 1.78 bits per heavy atom. The Labute approximate surface area is 196 Å². The van der Waals surface area contributed by atoms with Crippen LogP contribution in [0.1, 0.15) is 16.7 Å². The van der Waals surface area contributed by atoms with Crippen LogP contribution in [0.2, 0.25) is 0 Å². The van der Waals surface area contributed by atoms with Crippen LogP contribution in [0.5, 0.6) is 0 Å². The standard InChI is InChI=1S/C25H24N4OS2/c1-16-5-4-6-19(13-16)24-27-28-25(31)29(24)15-23(30)26-20-9-11-21(12-10-20)32-22-14-17(2)7-8-18(22)3/h4-14H,15H2,1-3H3,(H,26,30)(H,28,31). The first-order valence-corrected chi connectivity index (χ1v) is 11.5. The topological polar surface area (TPSA) is 62.7 Å². The summed E-state index contributed by atoms with van der Waals surface area (Å²) in [5.74, 6) is 0.487. The van der Waals surface area contributed by atoms with Crippen LogP contribution in [0.4, 0.5) is 5.69 Å². The maximum atomic E-state index is 12.7. The molecule has 0 aliphatic heterocycles. The minimum Gasteiger partial charge on any atom is -0.325 e. The molecule has 0 aliphatic carbocycles. The maximum absolute atomic E-state index is 12.7. The number of rotatable bonds is 6. The quantitative estimate of drug-likeness (QED) is 0.330. The van der Waals surface area contributed by atoms with Crippen molar-refractivity contribution in [1.82, 2.24) is 14.8 Å². The summed E-state index contributed by atoms with van der Waals surface area (Å²) in [6, 6.07) is 22.3. The predicted molar refractivity (Wildman–Crippen MR) is 133 cm³/mol. The van der Waals surface area contributed by atoms with Crippen molar-refractivity contribution >= 4 is 35.6 Å². The number of aryl methyl sites for hydroxylation is 3. The lowest BCUT2D eigenvalue weighted by atomic mass is 10.1. The molecule has 3 aromatic carbocycles. The number of carbonyl (C=O) groups is 1. The second kappa shape index (κ2) is 9.54. The van der Waals surface area contributed by atoms with Crippen molar-refractivity contribution in [3.8, 4) is 11.4 Å². The molecule has 5 nitrogen and oxygen atoms in total. The van der Waals surface area contributed by atoms with E-state index in [1.807, 2.05) is 55.5 Å². The van der Waals surface area contributed by atoms with Crippen LogP contribution in [0.25, 0.3) is 11.4 Å². The SMILES string of the molecule is Cc1cccc(-c2n[nH]c(=S)n2CC(=O)Nc2ccc(Sc3cc(C)ccc3C)cc2)c1. The molecule has 0 atom stereocenters. The lowest BCUT2D eigenvalue weighted by Crippen LogP contribution is -2.19. The van der Waals surface area contributed by atoms with Gasteiger partial charge in [0.2, 0.25) is 5.91 Å². The molecule has 4 rings (SSSR count). The van der Waals surface area contributed by atoms with Crippen LogP contribution >= 0.6 is 24.0 Å². The Kier molecular flexibility index (Phi) is 6.58. The predicted octanol–water partition coefficient (Wildman–Crippen LogP) is 6.32. The van der Waals surface area contributed by atoms with Gasteiger partial charge in [0.05, 0.1) is 0 Å². The second-order valence-corrected chi connectivity index (χ2v) is 9.25. The number of carbonyl (C=O) groups excluding carboxylic acids is 1. The minimum atomic E-state index is -0.161. The first kappa shape index (κ1) is 22.0. The number of amides is 1. The fourth-order valence-electron chi connectivity index (χ4n) is 3.36. The van der Waals surface area contributed by atoms with Gasteiger partial charge in [-0.15, -0.1) is 0 Å². The van der Waals surface area contributed by atoms with Crippen molar-refractivity contribution in [3.63, 3.8) is 0 Å². The molecular weight excluding hydrogens is 436 g/mol. The Morgan fingerprint density at radius 3 is 2.53 bits per heavy atom. The first-order chi connectivity index (χ1) is 15.4. The Balaban J connectivity index is 1.45. The van der Waals surface area contributed by atoms with Crippen LogP contribution in [0, 0.1) is 25.5 Å². The Morgan fingerprint density at radius 1 is 1.03 bits per heavy atom. The summed E-state index contributed by atoms with van der Waals surface area (Å²) in [6.07, 6.45) is 0. The first-order valence-electron chi connectivity index (χ1n) is 10.3. The van der Waals surface area contributed by atoms with E-state index in [2.05, 4.69) is 47.6 Å². The monoisotopic (exact) mass is 460 g/mol. The highest BCUT2D eigenvalue weighted by molar-refractivity contribution is 7.99. The molecule has 0 aliphatic rings. The van der Waals surface area contributed by atoms with Gasteiger partial charge in [-0.2, -0.15) is 5.10 Å². The summed E-state index contributed by atoms with van der Waals surface area (Å²) < 4.78 is 2.13. The molecule has 32 heavy (non-hydrogen) atoms. The number of nitrogens with one attached hydrogen (secondary N) is 2. The van der Waals surface area contributed by atoms with Gasteiger partial charge in [-0.1, -0.05) is 47.7 Å². The summed E-state index contributed by atoms with van der Waals surface area (Å²) in [5, 5.41) is 10.1. The molecule has 0 unspecified atom stereocenters. The molecule has 0 spiro atoms. The van der Waals surface area contributed by atoms with Crippen LogP contribution in [-0.2, 0) is 11.3 Å². The van der Waals surface area contributed by atoms with E-state index >= 15 is 0 Å². The number of hydrogen-bond donors (Lipinski definition) is 2. The van der Waals surface area contributed by atoms with Crippen LogP contribution in [-0.4, -0.2) is 20.7 Å². The number of anilines is 1. The number of benzene rings is 3. The number of nitrogens with zero attached hydrogens (tertiary/aromatic N) is 2. The van der Waals surface area contributed by atoms with E-state index in [1.165, 1.54) is 16.0 Å². The summed E-state index contributed by atoms with van der Waals surface area (Å²) >= 11 is 7.07. The molecule has 0 bridgehead atoms. The number of aromatic amines is 1. The summed E-state index contributed by atoms with van der Waals surface area (Å²) in [5.41, 5.74) is 5.26. The average molecular weight is 461 g/mol. The molecule has 1 heterocycles. The lowest BCUT2D eigenvalue weighted by molar-refractivity contribution is -0.116. The van der Waals surface area contributed by atoms with Gasteiger partial charge in [-0.3, -0.25) is 14.5 Å². The molecule has 0 saturated heterocycles. The van der Waals surface area contributed by atoms with Crippen molar-refractivity contribution in [2.45, 2.75) is 37.1 Å². The zero-order valence-corrected chi connectivity index (χ0v) is 19.8. The fourth-order valence-corrected chi connectivity index (χ4v) is 4.56. The van der Waals surface area contributed by atoms with Gasteiger partial charge in [0.25, 0.3) is 0 Å². The molecule has 4 aromatic rings. The second-order valence-electron chi connectivity index (χ2n) is 7.75. The molecule has 0 fully saturated rings. The summed E-state index contributed by atoms with van der Waals surface area (Å²) in [7, 11) is 0. The molecule has 0 saturated carbocycles. The van der Waals surface area contributed by atoms with Gasteiger partial charge in [-0.05, 0) is 80.5 Å². The van der Waals surface area contributed by atoms with Gasteiger partial charge in [0.15, 0.2) is 10.6 Å². The molecule has 7 heteroatoms. The molecule has 0 radical (unpaired) electrons. The highest BCUT2D eigenvalue weighted by atomic mass is 32.2. The van der Waals surface area contributed by atoms with E-state index in [-0.39, 0.29) is 12.5 Å². The third-order valence-electron chi connectivity index (χ3n) is 5.05. The average Bonchev–Trinajstić information content (AvgIpc) is 3.12. The summed E-state index contributed by atoms with van der Waals surface area (Å²) in [6.45, 7) is 6.31. The van der Waals surface area contributed by atoms with Gasteiger partial charge < -0.3 is 5.32 Å². The number of aromatic nitrogens is 3. The maximum Gasteiger partial charge on any atom is 0.244 e. The highest BCUT2D eigenvalue weighted by Gasteiger charge is 2.13. The van der Waals surface area contributed by atoms with Crippen molar-refractivity contribution in [2.24, 2.45) is 0 Å². The zero-order valence-electron chi connectivity index (χ0n) is 18.2. The van der Waals surface area contributed by atoms with E-state index in [4.69, 9.17) is 12.2 Å². The van der Waals surface area contributed by atoms with E-state index < -0.39 is 0 Å². The fraction of sp³-hybridized carbons (Fsp3) is 0.160. The van der Waals surface area contributed by atoms with Gasteiger partial charge in [0.1, 0.15) is 6.54 Å². The number of hydrogen-bond acceptors (Lipinski definition) is 4. The lowest BCUT2D eigenvalue weighted by Gasteiger charge is -2.10. The molecule has 1 amide bonds. The van der Waals surface area contributed by atoms with Crippen LogP contribution < -0.4 is 5.32 Å². The van der Waals surface area contributed by atoms with Gasteiger partial charge in [0, 0.05) is 21.0 Å². The van der Waals surface area contributed by atoms with E-state index in [0.717, 1.165) is 21.7 Å². The van der Waals surface area contributed by atoms with Crippen molar-refractivity contribution in [1.29, 1.82) is 0 Å².